The fourth-order valence-electron chi connectivity index (χ4n) is 1.90. The van der Waals surface area contributed by atoms with E-state index in [0.29, 0.717) is 6.61 Å². The molecule has 0 saturated carbocycles. The van der Waals surface area contributed by atoms with Gasteiger partial charge < -0.3 is 14.7 Å². The van der Waals surface area contributed by atoms with Gasteiger partial charge in [-0.05, 0) is 37.6 Å². The zero-order valence-corrected chi connectivity index (χ0v) is 9.02. The molecule has 0 radical (unpaired) electrons. The molecule has 1 N–H and O–H groups in total. The predicted molar refractivity (Wildman–Crippen MR) is 60.4 cm³/mol. The number of hydrogen-bond donors (Lipinski definition) is 1. The van der Waals surface area contributed by atoms with Gasteiger partial charge in [0.2, 0.25) is 0 Å². The van der Waals surface area contributed by atoms with Gasteiger partial charge in [-0.1, -0.05) is 0 Å². The van der Waals surface area contributed by atoms with E-state index in [4.69, 9.17) is 4.74 Å². The quantitative estimate of drug-likeness (QED) is 0.818. The normalized spacial score (nSPS) is 20.7. The summed E-state index contributed by atoms with van der Waals surface area (Å²) < 4.78 is 5.38. The van der Waals surface area contributed by atoms with E-state index in [1.54, 1.807) is 0 Å². The van der Waals surface area contributed by atoms with Crippen molar-refractivity contribution in [3.63, 3.8) is 0 Å². The molecule has 0 aromatic heterocycles. The first-order valence-corrected chi connectivity index (χ1v) is 5.45. The van der Waals surface area contributed by atoms with Gasteiger partial charge in [0.15, 0.2) is 0 Å². The number of ether oxygens (including phenoxy) is 1. The summed E-state index contributed by atoms with van der Waals surface area (Å²) in [4.78, 5) is 2.19. The molecule has 1 aliphatic heterocycles. The molecule has 3 nitrogen and oxygen atoms in total. The van der Waals surface area contributed by atoms with E-state index in [-0.39, 0.29) is 6.10 Å². The van der Waals surface area contributed by atoms with Crippen LogP contribution in [0.25, 0.3) is 0 Å². The Kier molecular flexibility index (Phi) is 3.11. The molecule has 15 heavy (non-hydrogen) atoms. The Labute approximate surface area is 90.3 Å². The van der Waals surface area contributed by atoms with Crippen LogP contribution in [0.15, 0.2) is 24.3 Å². The number of aliphatic hydroxyl groups excluding tert-OH is 1. The number of nitrogens with zero attached hydrogens (tertiary/aromatic N) is 1. The number of benzene rings is 1. The number of aliphatic hydroxyl groups is 1. The summed E-state index contributed by atoms with van der Waals surface area (Å²) in [7, 11) is 0. The Morgan fingerprint density at radius 3 is 2.67 bits per heavy atom. The van der Waals surface area contributed by atoms with Crippen molar-refractivity contribution < 1.29 is 9.84 Å². The van der Waals surface area contributed by atoms with Crippen LogP contribution < -0.4 is 9.64 Å². The lowest BCUT2D eigenvalue weighted by Crippen LogP contribution is -2.20. The second-order valence-electron chi connectivity index (χ2n) is 3.82. The maximum Gasteiger partial charge on any atom is 0.119 e. The van der Waals surface area contributed by atoms with Crippen molar-refractivity contribution in [2.24, 2.45) is 0 Å². The summed E-state index contributed by atoms with van der Waals surface area (Å²) in [6, 6.07) is 8.04. The molecule has 0 aliphatic carbocycles. The van der Waals surface area contributed by atoms with Crippen molar-refractivity contribution in [2.75, 3.05) is 24.6 Å². The highest BCUT2D eigenvalue weighted by Gasteiger charge is 2.19. The van der Waals surface area contributed by atoms with Crippen LogP contribution in [0.4, 0.5) is 5.69 Å². The third kappa shape index (κ3) is 2.42. The van der Waals surface area contributed by atoms with Gasteiger partial charge >= 0.3 is 0 Å². The molecule has 1 saturated heterocycles. The summed E-state index contributed by atoms with van der Waals surface area (Å²) in [6.07, 6.45) is 0.698. The van der Waals surface area contributed by atoms with Crippen LogP contribution in [0, 0.1) is 0 Å². The van der Waals surface area contributed by atoms with Crippen molar-refractivity contribution in [1.82, 2.24) is 0 Å². The third-order valence-electron chi connectivity index (χ3n) is 2.68. The first kappa shape index (κ1) is 10.3. The number of rotatable bonds is 3. The highest BCUT2D eigenvalue weighted by Crippen LogP contribution is 2.23. The molecule has 0 spiro atoms. The average molecular weight is 207 g/mol. The lowest BCUT2D eigenvalue weighted by atomic mass is 10.3. The number of β-amino-alcohol motifs (C(OH)–C–C–N with tert-alkyl or cyclic N) is 1. The molecule has 1 heterocycles. The van der Waals surface area contributed by atoms with Crippen LogP contribution in [0.3, 0.4) is 0 Å². The molecule has 2 rings (SSSR count). The van der Waals surface area contributed by atoms with Gasteiger partial charge in [0.1, 0.15) is 5.75 Å². The highest BCUT2D eigenvalue weighted by atomic mass is 16.5. The first-order valence-electron chi connectivity index (χ1n) is 5.45. The van der Waals surface area contributed by atoms with Gasteiger partial charge in [-0.2, -0.15) is 0 Å². The van der Waals surface area contributed by atoms with E-state index in [1.807, 2.05) is 31.2 Å². The molecule has 1 atom stereocenters. The lowest BCUT2D eigenvalue weighted by Gasteiger charge is -2.17. The largest absolute Gasteiger partial charge is 0.494 e. The summed E-state index contributed by atoms with van der Waals surface area (Å²) in [5.74, 6) is 0.904. The molecule has 82 valence electrons. The second-order valence-corrected chi connectivity index (χ2v) is 3.82. The molecular weight excluding hydrogens is 190 g/mol. The topological polar surface area (TPSA) is 32.7 Å². The smallest absolute Gasteiger partial charge is 0.119 e. The SMILES string of the molecule is CCOc1ccc(N2CC[C@@H](O)C2)cc1. The van der Waals surface area contributed by atoms with Gasteiger partial charge in [0, 0.05) is 18.8 Å². The van der Waals surface area contributed by atoms with E-state index >= 15 is 0 Å². The summed E-state index contributed by atoms with van der Waals surface area (Å²) in [6.45, 7) is 4.36. The van der Waals surface area contributed by atoms with E-state index in [1.165, 1.54) is 0 Å². The summed E-state index contributed by atoms with van der Waals surface area (Å²) in [5, 5.41) is 9.43. The molecule has 1 fully saturated rings. The fourth-order valence-corrected chi connectivity index (χ4v) is 1.90. The Balaban J connectivity index is 2.03. The Morgan fingerprint density at radius 1 is 1.40 bits per heavy atom. The molecule has 1 aliphatic rings. The zero-order chi connectivity index (χ0) is 10.7. The van der Waals surface area contributed by atoms with Crippen molar-refractivity contribution in [3.8, 4) is 5.75 Å². The van der Waals surface area contributed by atoms with E-state index in [2.05, 4.69) is 4.90 Å². The molecule has 0 unspecified atom stereocenters. The minimum atomic E-state index is -0.170. The zero-order valence-electron chi connectivity index (χ0n) is 9.02. The molecule has 1 aromatic carbocycles. The second kappa shape index (κ2) is 4.53. The van der Waals surface area contributed by atoms with Crippen molar-refractivity contribution in [3.05, 3.63) is 24.3 Å². The highest BCUT2D eigenvalue weighted by molar-refractivity contribution is 5.49. The van der Waals surface area contributed by atoms with Gasteiger partial charge in [0.05, 0.1) is 12.7 Å². The molecular formula is C12H17NO2. The Hall–Kier alpha value is -1.22. The van der Waals surface area contributed by atoms with E-state index < -0.39 is 0 Å². The number of hydrogen-bond acceptors (Lipinski definition) is 3. The van der Waals surface area contributed by atoms with Crippen LogP contribution in [0.1, 0.15) is 13.3 Å². The van der Waals surface area contributed by atoms with E-state index in [9.17, 15) is 5.11 Å². The van der Waals surface area contributed by atoms with Crippen molar-refractivity contribution in [2.45, 2.75) is 19.4 Å². The van der Waals surface area contributed by atoms with Gasteiger partial charge in [0.25, 0.3) is 0 Å². The molecule has 0 bridgehead atoms. The average Bonchev–Trinajstić information content (AvgIpc) is 2.67. The van der Waals surface area contributed by atoms with Crippen LogP contribution in [-0.2, 0) is 0 Å². The first-order chi connectivity index (χ1) is 7.29. The maximum absolute atomic E-state index is 9.43. The van der Waals surface area contributed by atoms with Gasteiger partial charge in [-0.3, -0.25) is 0 Å². The van der Waals surface area contributed by atoms with Crippen LogP contribution in [0.5, 0.6) is 5.75 Å². The predicted octanol–water partition coefficient (Wildman–Crippen LogP) is 1.66. The molecule has 0 amide bonds. The Bertz CT molecular complexity index is 310. The summed E-state index contributed by atoms with van der Waals surface area (Å²) >= 11 is 0. The maximum atomic E-state index is 9.43. The van der Waals surface area contributed by atoms with E-state index in [0.717, 1.165) is 30.9 Å². The fraction of sp³-hybridized carbons (Fsp3) is 0.500. The summed E-state index contributed by atoms with van der Waals surface area (Å²) in [5.41, 5.74) is 1.16. The van der Waals surface area contributed by atoms with Gasteiger partial charge in [-0.15, -0.1) is 0 Å². The molecule has 3 heteroatoms. The van der Waals surface area contributed by atoms with Crippen LogP contribution in [-0.4, -0.2) is 30.9 Å². The van der Waals surface area contributed by atoms with Crippen molar-refractivity contribution in [1.29, 1.82) is 0 Å². The monoisotopic (exact) mass is 207 g/mol. The molecule has 1 aromatic rings. The lowest BCUT2D eigenvalue weighted by molar-refractivity contribution is 0.198. The number of anilines is 1. The van der Waals surface area contributed by atoms with Crippen LogP contribution >= 0.6 is 0 Å². The third-order valence-corrected chi connectivity index (χ3v) is 2.68. The minimum Gasteiger partial charge on any atom is -0.494 e. The standard InChI is InChI=1S/C12H17NO2/c1-2-15-12-5-3-10(4-6-12)13-8-7-11(14)9-13/h3-6,11,14H,2,7-9H2,1H3/t11-/m1/s1. The van der Waals surface area contributed by atoms with Crippen LogP contribution in [0.2, 0.25) is 0 Å². The Morgan fingerprint density at radius 2 is 2.13 bits per heavy atom. The van der Waals surface area contributed by atoms with Gasteiger partial charge in [-0.25, -0.2) is 0 Å². The minimum absolute atomic E-state index is 0.170. The van der Waals surface area contributed by atoms with Crippen molar-refractivity contribution >= 4 is 5.69 Å².